The molecule has 3 aromatic carbocycles. The first-order chi connectivity index (χ1) is 16.8. The van der Waals surface area contributed by atoms with Crippen LogP contribution in [-0.2, 0) is 9.53 Å². The highest BCUT2D eigenvalue weighted by Gasteiger charge is 2.16. The van der Waals surface area contributed by atoms with E-state index in [1.54, 1.807) is 30.3 Å². The van der Waals surface area contributed by atoms with E-state index in [4.69, 9.17) is 30.5 Å². The standard InChI is InChI=1S/C26H24ClNO7/c1-16-4-6-17(7-5-16)21(29)14-35-26(31)18-8-10-23(24(12-18)33-3)34-15-25(30)28-20-13-19(27)9-11-22(20)32-2/h4-13H,14-15H2,1-3H3,(H,28,30). The number of hydrogen-bond acceptors (Lipinski definition) is 7. The fraction of sp³-hybridized carbons (Fsp3) is 0.192. The first kappa shape index (κ1) is 25.6. The molecule has 0 saturated carbocycles. The Balaban J connectivity index is 1.59. The third-order valence-electron chi connectivity index (χ3n) is 4.90. The molecule has 3 rings (SSSR count). The predicted octanol–water partition coefficient (Wildman–Crippen LogP) is 4.72. The Morgan fingerprint density at radius 1 is 0.800 bits per heavy atom. The lowest BCUT2D eigenvalue weighted by atomic mass is 10.1. The highest BCUT2D eigenvalue weighted by atomic mass is 35.5. The van der Waals surface area contributed by atoms with Crippen LogP contribution in [0, 0.1) is 6.92 Å². The number of ether oxygens (including phenoxy) is 4. The number of Topliss-reactive ketones (excluding diaryl/α,β-unsaturated/α-hetero) is 1. The van der Waals surface area contributed by atoms with Crippen molar-refractivity contribution in [3.05, 3.63) is 82.4 Å². The molecule has 182 valence electrons. The van der Waals surface area contributed by atoms with Crippen molar-refractivity contribution in [1.29, 1.82) is 0 Å². The monoisotopic (exact) mass is 497 g/mol. The minimum atomic E-state index is -0.693. The molecule has 0 heterocycles. The highest BCUT2D eigenvalue weighted by Crippen LogP contribution is 2.30. The van der Waals surface area contributed by atoms with Gasteiger partial charge in [-0.2, -0.15) is 0 Å². The van der Waals surface area contributed by atoms with Crippen LogP contribution in [0.25, 0.3) is 0 Å². The van der Waals surface area contributed by atoms with E-state index in [-0.39, 0.29) is 29.5 Å². The summed E-state index contributed by atoms with van der Waals surface area (Å²) in [6, 6.07) is 16.2. The van der Waals surface area contributed by atoms with Gasteiger partial charge in [0.25, 0.3) is 5.91 Å². The molecular weight excluding hydrogens is 474 g/mol. The smallest absolute Gasteiger partial charge is 0.338 e. The highest BCUT2D eigenvalue weighted by molar-refractivity contribution is 6.31. The lowest BCUT2D eigenvalue weighted by Gasteiger charge is -2.13. The summed E-state index contributed by atoms with van der Waals surface area (Å²) < 4.78 is 21.2. The summed E-state index contributed by atoms with van der Waals surface area (Å²) >= 11 is 5.98. The van der Waals surface area contributed by atoms with Gasteiger partial charge in [0.2, 0.25) is 0 Å². The first-order valence-electron chi connectivity index (χ1n) is 10.5. The molecule has 0 unspecified atom stereocenters. The average molecular weight is 498 g/mol. The number of benzene rings is 3. The van der Waals surface area contributed by atoms with Gasteiger partial charge in [0, 0.05) is 10.6 Å². The van der Waals surface area contributed by atoms with E-state index in [1.807, 2.05) is 19.1 Å². The summed E-state index contributed by atoms with van der Waals surface area (Å²) in [5.74, 6) is -0.547. The molecule has 0 saturated heterocycles. The van der Waals surface area contributed by atoms with E-state index < -0.39 is 18.5 Å². The van der Waals surface area contributed by atoms with Crippen molar-refractivity contribution < 1.29 is 33.3 Å². The van der Waals surface area contributed by atoms with Crippen LogP contribution in [0.3, 0.4) is 0 Å². The van der Waals surface area contributed by atoms with Crippen LogP contribution in [0.4, 0.5) is 5.69 Å². The lowest BCUT2D eigenvalue weighted by Crippen LogP contribution is -2.20. The Morgan fingerprint density at radius 3 is 2.14 bits per heavy atom. The molecule has 0 aromatic heterocycles. The minimum Gasteiger partial charge on any atom is -0.495 e. The summed E-state index contributed by atoms with van der Waals surface area (Å²) in [5, 5.41) is 3.10. The topological polar surface area (TPSA) is 100 Å². The van der Waals surface area contributed by atoms with Crippen LogP contribution in [0.15, 0.2) is 60.7 Å². The third kappa shape index (κ3) is 6.97. The number of rotatable bonds is 10. The molecule has 0 aliphatic carbocycles. The quantitative estimate of drug-likeness (QED) is 0.319. The normalized spacial score (nSPS) is 10.3. The molecule has 1 amide bonds. The number of methoxy groups -OCH3 is 2. The number of amides is 1. The molecule has 0 bridgehead atoms. The SMILES string of the molecule is COc1ccc(Cl)cc1NC(=O)COc1ccc(C(=O)OCC(=O)c2ccc(C)cc2)cc1OC. The number of hydrogen-bond donors (Lipinski definition) is 1. The summed E-state index contributed by atoms with van der Waals surface area (Å²) in [6.07, 6.45) is 0. The second kappa shape index (κ2) is 11.9. The maximum Gasteiger partial charge on any atom is 0.338 e. The number of carbonyl (C=O) groups excluding carboxylic acids is 3. The van der Waals surface area contributed by atoms with Gasteiger partial charge in [-0.15, -0.1) is 0 Å². The van der Waals surface area contributed by atoms with Crippen molar-refractivity contribution in [2.45, 2.75) is 6.92 Å². The number of esters is 1. The molecule has 9 heteroatoms. The zero-order valence-electron chi connectivity index (χ0n) is 19.4. The number of anilines is 1. The Morgan fingerprint density at radius 2 is 1.46 bits per heavy atom. The Hall–Kier alpha value is -4.04. The molecule has 0 aliphatic rings. The van der Waals surface area contributed by atoms with E-state index in [0.29, 0.717) is 22.0 Å². The van der Waals surface area contributed by atoms with Gasteiger partial charge >= 0.3 is 5.97 Å². The number of carbonyl (C=O) groups is 3. The van der Waals surface area contributed by atoms with Crippen molar-refractivity contribution in [2.24, 2.45) is 0 Å². The number of halogens is 1. The Bertz CT molecular complexity index is 1220. The van der Waals surface area contributed by atoms with Crippen LogP contribution in [0.1, 0.15) is 26.3 Å². The summed E-state index contributed by atoms with van der Waals surface area (Å²) in [5.41, 5.74) is 2.05. The van der Waals surface area contributed by atoms with E-state index in [2.05, 4.69) is 5.32 Å². The van der Waals surface area contributed by atoms with Crippen molar-refractivity contribution in [3.63, 3.8) is 0 Å². The zero-order valence-corrected chi connectivity index (χ0v) is 20.2. The van der Waals surface area contributed by atoms with E-state index >= 15 is 0 Å². The van der Waals surface area contributed by atoms with E-state index in [0.717, 1.165) is 5.56 Å². The molecule has 0 aliphatic heterocycles. The predicted molar refractivity (Wildman–Crippen MR) is 131 cm³/mol. The third-order valence-corrected chi connectivity index (χ3v) is 5.14. The zero-order chi connectivity index (χ0) is 25.4. The summed E-state index contributed by atoms with van der Waals surface area (Å²) in [7, 11) is 2.88. The molecule has 0 radical (unpaired) electrons. The molecule has 35 heavy (non-hydrogen) atoms. The van der Waals surface area contributed by atoms with E-state index in [1.165, 1.54) is 32.4 Å². The van der Waals surface area contributed by atoms with Gasteiger partial charge in [0.15, 0.2) is 30.5 Å². The van der Waals surface area contributed by atoms with Gasteiger partial charge in [-0.05, 0) is 43.3 Å². The van der Waals surface area contributed by atoms with Crippen molar-refractivity contribution in [1.82, 2.24) is 0 Å². The number of nitrogens with one attached hydrogen (secondary N) is 1. The second-order valence-corrected chi connectivity index (χ2v) is 7.85. The van der Waals surface area contributed by atoms with Crippen molar-refractivity contribution in [3.8, 4) is 17.2 Å². The van der Waals surface area contributed by atoms with Crippen LogP contribution in [-0.4, -0.2) is 45.1 Å². The van der Waals surface area contributed by atoms with Gasteiger partial charge in [-0.1, -0.05) is 41.4 Å². The van der Waals surface area contributed by atoms with E-state index in [9.17, 15) is 14.4 Å². The van der Waals surface area contributed by atoms with Crippen LogP contribution < -0.4 is 19.5 Å². The summed E-state index contributed by atoms with van der Waals surface area (Å²) in [6.45, 7) is 1.19. The lowest BCUT2D eigenvalue weighted by molar-refractivity contribution is -0.118. The Labute approximate surface area is 207 Å². The average Bonchev–Trinajstić information content (AvgIpc) is 2.86. The fourth-order valence-electron chi connectivity index (χ4n) is 3.06. The van der Waals surface area contributed by atoms with Crippen LogP contribution in [0.2, 0.25) is 5.02 Å². The van der Waals surface area contributed by atoms with Crippen molar-refractivity contribution >= 4 is 34.9 Å². The second-order valence-electron chi connectivity index (χ2n) is 7.41. The maximum atomic E-state index is 12.4. The number of aryl methyl sites for hydroxylation is 1. The maximum absolute atomic E-state index is 12.4. The Kier molecular flexibility index (Phi) is 8.69. The van der Waals surface area contributed by atoms with Gasteiger partial charge < -0.3 is 24.3 Å². The van der Waals surface area contributed by atoms with Gasteiger partial charge in [-0.25, -0.2) is 4.79 Å². The molecule has 0 atom stereocenters. The van der Waals surface area contributed by atoms with Crippen LogP contribution >= 0.6 is 11.6 Å². The van der Waals surface area contributed by atoms with Crippen molar-refractivity contribution in [2.75, 3.05) is 32.8 Å². The first-order valence-corrected chi connectivity index (χ1v) is 10.9. The van der Waals surface area contributed by atoms with Crippen LogP contribution in [0.5, 0.6) is 17.2 Å². The molecule has 3 aromatic rings. The van der Waals surface area contributed by atoms with Gasteiger partial charge in [0.05, 0.1) is 25.5 Å². The molecule has 1 N–H and O–H groups in total. The minimum absolute atomic E-state index is 0.166. The largest absolute Gasteiger partial charge is 0.495 e. The molecule has 8 nitrogen and oxygen atoms in total. The summed E-state index contributed by atoms with van der Waals surface area (Å²) in [4.78, 5) is 37.0. The number of ketones is 1. The van der Waals surface area contributed by atoms with Gasteiger partial charge in [0.1, 0.15) is 5.75 Å². The fourth-order valence-corrected chi connectivity index (χ4v) is 3.23. The molecule has 0 fully saturated rings. The molecular formula is C26H24ClNO7. The molecule has 0 spiro atoms. The van der Waals surface area contributed by atoms with Gasteiger partial charge in [-0.3, -0.25) is 9.59 Å².